The molecule has 0 saturated carbocycles. The number of rotatable bonds is 0. The van der Waals surface area contributed by atoms with Crippen LogP contribution in [0.2, 0.25) is 5.02 Å². The van der Waals surface area contributed by atoms with Crippen molar-refractivity contribution in [3.63, 3.8) is 0 Å². The second-order valence-electron chi connectivity index (χ2n) is 5.13. The lowest BCUT2D eigenvalue weighted by molar-refractivity contribution is 0.541. The van der Waals surface area contributed by atoms with Gasteiger partial charge in [-0.25, -0.2) is 8.78 Å². The van der Waals surface area contributed by atoms with E-state index in [1.54, 1.807) is 12.1 Å². The molecule has 2 aromatic rings. The third kappa shape index (κ3) is 1.42. The van der Waals surface area contributed by atoms with Gasteiger partial charge in [0.2, 0.25) is 0 Å². The molecule has 0 radical (unpaired) electrons. The van der Waals surface area contributed by atoms with Crippen LogP contribution in [0.5, 0.6) is 0 Å². The molecule has 0 spiro atoms. The minimum atomic E-state index is -0.560. The lowest BCUT2D eigenvalue weighted by atomic mass is 9.82. The fourth-order valence-electron chi connectivity index (χ4n) is 2.84. The molecule has 0 bridgehead atoms. The fraction of sp³-hybridized carbons (Fsp3) is 0.200. The van der Waals surface area contributed by atoms with Crippen molar-refractivity contribution in [2.24, 2.45) is 0 Å². The smallest absolute Gasteiger partial charge is 0.130 e. The van der Waals surface area contributed by atoms with E-state index in [4.69, 9.17) is 11.6 Å². The molecule has 1 aliphatic carbocycles. The second kappa shape index (κ2) is 3.55. The van der Waals surface area contributed by atoms with Crippen LogP contribution < -0.4 is 0 Å². The van der Waals surface area contributed by atoms with Crippen molar-refractivity contribution in [1.82, 2.24) is 0 Å². The van der Waals surface area contributed by atoms with Crippen molar-refractivity contribution in [1.29, 1.82) is 0 Å². The first-order valence-corrected chi connectivity index (χ1v) is 6.09. The Morgan fingerprint density at radius 1 is 1.00 bits per heavy atom. The molecule has 0 aromatic heterocycles. The van der Waals surface area contributed by atoms with Crippen LogP contribution in [-0.2, 0) is 5.41 Å². The maximum atomic E-state index is 14.0. The quantitative estimate of drug-likeness (QED) is 0.633. The molecular weight excluding hydrogens is 254 g/mol. The topological polar surface area (TPSA) is 0 Å². The van der Waals surface area contributed by atoms with Gasteiger partial charge in [0.1, 0.15) is 11.6 Å². The fourth-order valence-corrected chi connectivity index (χ4v) is 3.01. The normalized spacial score (nSPS) is 15.4. The van der Waals surface area contributed by atoms with Crippen molar-refractivity contribution in [2.45, 2.75) is 19.3 Å². The molecule has 2 aromatic carbocycles. The monoisotopic (exact) mass is 264 g/mol. The molecule has 0 unspecified atom stereocenters. The van der Waals surface area contributed by atoms with Gasteiger partial charge in [0.15, 0.2) is 0 Å². The van der Waals surface area contributed by atoms with Crippen LogP contribution in [0.4, 0.5) is 8.78 Å². The van der Waals surface area contributed by atoms with Crippen molar-refractivity contribution in [3.05, 3.63) is 58.1 Å². The van der Waals surface area contributed by atoms with E-state index in [0.717, 1.165) is 17.2 Å². The van der Waals surface area contributed by atoms with E-state index in [9.17, 15) is 8.78 Å². The van der Waals surface area contributed by atoms with Gasteiger partial charge in [0.05, 0.1) is 0 Å². The standard InChI is InChI=1S/C15H11ClF2/c1-15(2)12-4-3-8(16)5-10(12)11-6-9(17)7-13(18)14(11)15/h3-7H,1-2H3. The SMILES string of the molecule is CC1(C)c2ccc(Cl)cc2-c2cc(F)cc(F)c21. The Hall–Kier alpha value is -1.41. The highest BCUT2D eigenvalue weighted by atomic mass is 35.5. The molecule has 1 aliphatic rings. The summed E-state index contributed by atoms with van der Waals surface area (Å²) in [6.45, 7) is 3.87. The van der Waals surface area contributed by atoms with E-state index in [-0.39, 0.29) is 0 Å². The average Bonchev–Trinajstić information content (AvgIpc) is 2.47. The summed E-state index contributed by atoms with van der Waals surface area (Å²) in [4.78, 5) is 0. The zero-order chi connectivity index (χ0) is 13.1. The number of halogens is 3. The van der Waals surface area contributed by atoms with Gasteiger partial charge in [-0.3, -0.25) is 0 Å². The lowest BCUT2D eigenvalue weighted by Crippen LogP contribution is -2.16. The molecule has 0 N–H and O–H groups in total. The van der Waals surface area contributed by atoms with Gasteiger partial charge in [-0.1, -0.05) is 31.5 Å². The molecule has 0 nitrogen and oxygen atoms in total. The van der Waals surface area contributed by atoms with Crippen LogP contribution >= 0.6 is 11.6 Å². The number of hydrogen-bond acceptors (Lipinski definition) is 0. The predicted molar refractivity (Wildman–Crippen MR) is 68.9 cm³/mol. The largest absolute Gasteiger partial charge is 0.207 e. The lowest BCUT2D eigenvalue weighted by Gasteiger charge is -2.21. The van der Waals surface area contributed by atoms with Crippen LogP contribution in [-0.4, -0.2) is 0 Å². The maximum absolute atomic E-state index is 14.0. The summed E-state index contributed by atoms with van der Waals surface area (Å²) in [6.07, 6.45) is 0. The van der Waals surface area contributed by atoms with Gasteiger partial charge in [-0.05, 0) is 34.9 Å². The van der Waals surface area contributed by atoms with Crippen LogP contribution in [0.25, 0.3) is 11.1 Å². The van der Waals surface area contributed by atoms with Crippen molar-refractivity contribution in [2.75, 3.05) is 0 Å². The maximum Gasteiger partial charge on any atom is 0.130 e. The Bertz CT molecular complexity index is 660. The summed E-state index contributed by atoms with van der Waals surface area (Å²) in [5.41, 5.74) is 2.48. The summed E-state index contributed by atoms with van der Waals surface area (Å²) in [5, 5.41) is 0.571. The summed E-state index contributed by atoms with van der Waals surface area (Å²) >= 11 is 5.98. The number of benzene rings is 2. The molecule has 0 saturated heterocycles. The summed E-state index contributed by atoms with van der Waals surface area (Å²) in [7, 11) is 0. The van der Waals surface area contributed by atoms with Gasteiger partial charge in [-0.2, -0.15) is 0 Å². The van der Waals surface area contributed by atoms with E-state index >= 15 is 0 Å². The molecule has 3 heteroatoms. The molecule has 0 atom stereocenters. The Labute approximate surface area is 109 Å². The van der Waals surface area contributed by atoms with Crippen molar-refractivity contribution in [3.8, 4) is 11.1 Å². The van der Waals surface area contributed by atoms with E-state index in [1.165, 1.54) is 6.07 Å². The average molecular weight is 265 g/mol. The molecular formula is C15H11ClF2. The third-order valence-corrected chi connectivity index (χ3v) is 3.86. The Morgan fingerprint density at radius 2 is 1.72 bits per heavy atom. The van der Waals surface area contributed by atoms with Gasteiger partial charge in [-0.15, -0.1) is 0 Å². The summed E-state index contributed by atoms with van der Waals surface area (Å²) in [5.74, 6) is -1.06. The molecule has 0 heterocycles. The van der Waals surface area contributed by atoms with E-state index < -0.39 is 17.0 Å². The second-order valence-corrected chi connectivity index (χ2v) is 5.56. The highest BCUT2D eigenvalue weighted by Gasteiger charge is 2.38. The minimum Gasteiger partial charge on any atom is -0.207 e. The zero-order valence-corrected chi connectivity index (χ0v) is 10.8. The van der Waals surface area contributed by atoms with Crippen molar-refractivity contribution >= 4 is 11.6 Å². The Morgan fingerprint density at radius 3 is 2.44 bits per heavy atom. The van der Waals surface area contributed by atoms with Crippen LogP contribution in [0.15, 0.2) is 30.3 Å². The van der Waals surface area contributed by atoms with Crippen LogP contribution in [0, 0.1) is 11.6 Å². The molecule has 92 valence electrons. The first-order valence-electron chi connectivity index (χ1n) is 5.71. The highest BCUT2D eigenvalue weighted by molar-refractivity contribution is 6.31. The number of fused-ring (bicyclic) bond motifs is 3. The first kappa shape index (κ1) is 11.7. The van der Waals surface area contributed by atoms with E-state index in [1.807, 2.05) is 19.9 Å². The van der Waals surface area contributed by atoms with Gasteiger partial charge >= 0.3 is 0 Å². The zero-order valence-electron chi connectivity index (χ0n) is 10.0. The summed E-state index contributed by atoms with van der Waals surface area (Å²) in [6, 6.07) is 7.75. The van der Waals surface area contributed by atoms with Gasteiger partial charge < -0.3 is 0 Å². The Kier molecular flexibility index (Phi) is 2.30. The minimum absolute atomic E-state index is 0.465. The Balaban J connectivity index is 2.43. The molecule has 0 amide bonds. The van der Waals surface area contributed by atoms with Crippen LogP contribution in [0.3, 0.4) is 0 Å². The first-order chi connectivity index (χ1) is 8.41. The van der Waals surface area contributed by atoms with Gasteiger partial charge in [0, 0.05) is 22.1 Å². The van der Waals surface area contributed by atoms with Crippen LogP contribution in [0.1, 0.15) is 25.0 Å². The highest BCUT2D eigenvalue weighted by Crippen LogP contribution is 2.50. The molecule has 0 fully saturated rings. The predicted octanol–water partition coefficient (Wildman–Crippen LogP) is 4.92. The molecule has 0 aliphatic heterocycles. The van der Waals surface area contributed by atoms with Crippen molar-refractivity contribution < 1.29 is 8.78 Å². The summed E-state index contributed by atoms with van der Waals surface area (Å²) < 4.78 is 27.4. The van der Waals surface area contributed by atoms with Gasteiger partial charge in [0.25, 0.3) is 0 Å². The molecule has 18 heavy (non-hydrogen) atoms. The van der Waals surface area contributed by atoms with E-state index in [0.29, 0.717) is 16.1 Å². The molecule has 3 rings (SSSR count). The van der Waals surface area contributed by atoms with E-state index in [2.05, 4.69) is 0 Å². The third-order valence-electron chi connectivity index (χ3n) is 3.63. The number of hydrogen-bond donors (Lipinski definition) is 0.